The number of nitrogens with two attached hydrogens (primary N) is 1. The normalized spacial score (nSPS) is 20.1. The van der Waals surface area contributed by atoms with Crippen molar-refractivity contribution in [3.05, 3.63) is 0 Å². The fraction of sp³-hybridized carbons (Fsp3) is 0.833. The van der Waals surface area contributed by atoms with Crippen LogP contribution in [0.3, 0.4) is 0 Å². The molecular formula is C12H23N3O. The van der Waals surface area contributed by atoms with E-state index in [1.807, 2.05) is 13.8 Å². The summed E-state index contributed by atoms with van der Waals surface area (Å²) in [6.45, 7) is 5.67. The summed E-state index contributed by atoms with van der Waals surface area (Å²) in [6.07, 6.45) is 4.70. The second kappa shape index (κ2) is 5.87. The van der Waals surface area contributed by atoms with Gasteiger partial charge in [-0.05, 0) is 33.6 Å². The molecule has 0 aromatic rings. The summed E-state index contributed by atoms with van der Waals surface area (Å²) >= 11 is 0. The predicted molar refractivity (Wildman–Crippen MR) is 66.3 cm³/mol. The van der Waals surface area contributed by atoms with Crippen LogP contribution in [0.15, 0.2) is 4.99 Å². The van der Waals surface area contributed by atoms with E-state index in [1.54, 1.807) is 6.92 Å². The van der Waals surface area contributed by atoms with Gasteiger partial charge in [-0.25, -0.2) is 0 Å². The summed E-state index contributed by atoms with van der Waals surface area (Å²) in [6, 6.07) is -0.221. The molecule has 0 aromatic carbocycles. The first-order valence-corrected chi connectivity index (χ1v) is 6.14. The number of amidine groups is 1. The van der Waals surface area contributed by atoms with Crippen LogP contribution < -0.4 is 11.1 Å². The van der Waals surface area contributed by atoms with Gasteiger partial charge in [0.05, 0.1) is 5.84 Å². The van der Waals surface area contributed by atoms with Crippen molar-refractivity contribution in [2.45, 2.75) is 58.5 Å². The highest BCUT2D eigenvalue weighted by atomic mass is 16.2. The number of hydrogen-bond donors (Lipinski definition) is 2. The van der Waals surface area contributed by atoms with E-state index in [9.17, 15) is 4.79 Å². The van der Waals surface area contributed by atoms with E-state index in [-0.39, 0.29) is 18.0 Å². The van der Waals surface area contributed by atoms with Crippen molar-refractivity contribution in [2.24, 2.45) is 16.6 Å². The lowest BCUT2D eigenvalue weighted by Crippen LogP contribution is -2.38. The molecule has 0 spiro atoms. The Hall–Kier alpha value is -1.06. The van der Waals surface area contributed by atoms with Gasteiger partial charge >= 0.3 is 0 Å². The quantitative estimate of drug-likeness (QED) is 0.561. The Bertz CT molecular complexity index is 267. The Morgan fingerprint density at radius 1 is 1.31 bits per heavy atom. The maximum absolute atomic E-state index is 11.6. The first kappa shape index (κ1) is 13.0. The highest BCUT2D eigenvalue weighted by molar-refractivity contribution is 5.88. The first-order valence-electron chi connectivity index (χ1n) is 6.14. The zero-order chi connectivity index (χ0) is 12.1. The fourth-order valence-corrected chi connectivity index (χ4v) is 2.01. The number of amides is 1. The van der Waals surface area contributed by atoms with E-state index < -0.39 is 0 Å². The number of carbonyl (C=O) groups is 1. The van der Waals surface area contributed by atoms with Gasteiger partial charge in [0.2, 0.25) is 5.91 Å². The molecule has 0 bridgehead atoms. The van der Waals surface area contributed by atoms with Crippen molar-refractivity contribution >= 4 is 11.7 Å². The van der Waals surface area contributed by atoms with E-state index in [0.717, 1.165) is 12.8 Å². The summed E-state index contributed by atoms with van der Waals surface area (Å²) in [4.78, 5) is 15.9. The van der Waals surface area contributed by atoms with Crippen LogP contribution in [0.1, 0.15) is 46.5 Å². The number of nitrogens with zero attached hydrogens (tertiary/aromatic N) is 1. The van der Waals surface area contributed by atoms with Gasteiger partial charge in [0.15, 0.2) is 0 Å². The Labute approximate surface area is 97.7 Å². The molecule has 16 heavy (non-hydrogen) atoms. The minimum atomic E-state index is -0.372. The highest BCUT2D eigenvalue weighted by Gasteiger charge is 2.20. The third kappa shape index (κ3) is 3.83. The van der Waals surface area contributed by atoms with Crippen molar-refractivity contribution in [1.82, 2.24) is 5.32 Å². The predicted octanol–water partition coefficient (Wildman–Crippen LogP) is 1.45. The van der Waals surface area contributed by atoms with Crippen LogP contribution in [0.2, 0.25) is 0 Å². The number of hydrogen-bond acceptors (Lipinski definition) is 2. The monoisotopic (exact) mass is 225 g/mol. The molecule has 0 saturated heterocycles. The van der Waals surface area contributed by atoms with E-state index in [1.165, 1.54) is 12.8 Å². The molecule has 92 valence electrons. The van der Waals surface area contributed by atoms with Gasteiger partial charge in [0, 0.05) is 12.0 Å². The summed E-state index contributed by atoms with van der Waals surface area (Å²) in [7, 11) is 0. The average molecular weight is 225 g/mol. The van der Waals surface area contributed by atoms with E-state index >= 15 is 0 Å². The third-order valence-electron chi connectivity index (χ3n) is 2.93. The molecule has 4 heteroatoms. The van der Waals surface area contributed by atoms with Gasteiger partial charge in [-0.3, -0.25) is 9.79 Å². The van der Waals surface area contributed by atoms with E-state index in [0.29, 0.717) is 11.8 Å². The second-order valence-electron chi connectivity index (χ2n) is 4.87. The molecule has 1 aliphatic rings. The fourth-order valence-electron chi connectivity index (χ4n) is 2.01. The van der Waals surface area contributed by atoms with Crippen LogP contribution in [0.5, 0.6) is 0 Å². The van der Waals surface area contributed by atoms with Crippen LogP contribution in [0.25, 0.3) is 0 Å². The molecule has 1 aliphatic carbocycles. The standard InChI is InChI=1S/C12H23N3O/c1-8(2)14-12(16)9(3)15-11(13)10-6-4-5-7-10/h8-10H,4-7H2,1-3H3,(H2,13,15)(H,14,16). The molecule has 1 amide bonds. The van der Waals surface area contributed by atoms with Crippen LogP contribution >= 0.6 is 0 Å². The topological polar surface area (TPSA) is 67.5 Å². The van der Waals surface area contributed by atoms with Crippen LogP contribution in [0, 0.1) is 5.92 Å². The Morgan fingerprint density at radius 2 is 1.88 bits per heavy atom. The Morgan fingerprint density at radius 3 is 2.38 bits per heavy atom. The van der Waals surface area contributed by atoms with Gasteiger partial charge < -0.3 is 11.1 Å². The van der Waals surface area contributed by atoms with Gasteiger partial charge in [-0.15, -0.1) is 0 Å². The molecular weight excluding hydrogens is 202 g/mol. The number of aliphatic imine (C=N–C) groups is 1. The van der Waals surface area contributed by atoms with Crippen LogP contribution in [0.4, 0.5) is 0 Å². The molecule has 0 radical (unpaired) electrons. The summed E-state index contributed by atoms with van der Waals surface area (Å²) in [5.41, 5.74) is 5.92. The molecule has 0 aliphatic heterocycles. The van der Waals surface area contributed by atoms with Crippen molar-refractivity contribution < 1.29 is 4.79 Å². The van der Waals surface area contributed by atoms with Gasteiger partial charge in [0.25, 0.3) is 0 Å². The molecule has 1 saturated carbocycles. The zero-order valence-electron chi connectivity index (χ0n) is 10.5. The van der Waals surface area contributed by atoms with Crippen LogP contribution in [-0.2, 0) is 4.79 Å². The maximum atomic E-state index is 11.6. The van der Waals surface area contributed by atoms with E-state index in [4.69, 9.17) is 5.73 Å². The first-order chi connectivity index (χ1) is 7.50. The van der Waals surface area contributed by atoms with Crippen molar-refractivity contribution in [3.63, 3.8) is 0 Å². The molecule has 1 unspecified atom stereocenters. The Balaban J connectivity index is 2.50. The lowest BCUT2D eigenvalue weighted by atomic mass is 10.1. The number of carbonyl (C=O) groups excluding carboxylic acids is 1. The third-order valence-corrected chi connectivity index (χ3v) is 2.93. The van der Waals surface area contributed by atoms with Gasteiger partial charge in [0.1, 0.15) is 6.04 Å². The minimum absolute atomic E-state index is 0.0454. The number of rotatable bonds is 4. The van der Waals surface area contributed by atoms with E-state index in [2.05, 4.69) is 10.3 Å². The molecule has 0 heterocycles. The molecule has 1 atom stereocenters. The number of nitrogens with one attached hydrogen (secondary N) is 1. The molecule has 4 nitrogen and oxygen atoms in total. The van der Waals surface area contributed by atoms with Crippen molar-refractivity contribution in [1.29, 1.82) is 0 Å². The van der Waals surface area contributed by atoms with Gasteiger partial charge in [-0.1, -0.05) is 12.8 Å². The molecule has 0 aromatic heterocycles. The highest BCUT2D eigenvalue weighted by Crippen LogP contribution is 2.24. The molecule has 1 fully saturated rings. The minimum Gasteiger partial charge on any atom is -0.387 e. The lowest BCUT2D eigenvalue weighted by Gasteiger charge is -2.14. The molecule has 3 N–H and O–H groups in total. The lowest BCUT2D eigenvalue weighted by molar-refractivity contribution is -0.122. The largest absolute Gasteiger partial charge is 0.387 e. The summed E-state index contributed by atoms with van der Waals surface area (Å²) in [5.74, 6) is 1.01. The van der Waals surface area contributed by atoms with Gasteiger partial charge in [-0.2, -0.15) is 0 Å². The summed E-state index contributed by atoms with van der Waals surface area (Å²) < 4.78 is 0. The average Bonchev–Trinajstić information content (AvgIpc) is 2.68. The maximum Gasteiger partial charge on any atom is 0.244 e. The van der Waals surface area contributed by atoms with Crippen molar-refractivity contribution in [3.8, 4) is 0 Å². The summed E-state index contributed by atoms with van der Waals surface area (Å²) in [5, 5.41) is 2.84. The smallest absolute Gasteiger partial charge is 0.244 e. The zero-order valence-corrected chi connectivity index (χ0v) is 10.5. The second-order valence-corrected chi connectivity index (χ2v) is 4.87. The van der Waals surface area contributed by atoms with Crippen molar-refractivity contribution in [2.75, 3.05) is 0 Å². The molecule has 1 rings (SSSR count). The SMILES string of the molecule is CC(C)NC(=O)C(C)N=C(N)C1CCCC1. The Kier molecular flexibility index (Phi) is 4.77. The van der Waals surface area contributed by atoms with Crippen LogP contribution in [-0.4, -0.2) is 23.8 Å².